The van der Waals surface area contributed by atoms with Gasteiger partial charge in [-0.1, -0.05) is 13.8 Å². The maximum atomic E-state index is 11.4. The molecule has 0 aliphatic carbocycles. The van der Waals surface area contributed by atoms with Crippen LogP contribution in [0.2, 0.25) is 0 Å². The lowest BCUT2D eigenvalue weighted by molar-refractivity contribution is -0.121. The summed E-state index contributed by atoms with van der Waals surface area (Å²) in [4.78, 5) is 11.4. The summed E-state index contributed by atoms with van der Waals surface area (Å²) in [6.07, 6.45) is 1.53. The fourth-order valence-corrected chi connectivity index (χ4v) is 2.31. The average Bonchev–Trinajstić information content (AvgIpc) is 1.98. The molecule has 96 valence electrons. The predicted octanol–water partition coefficient (Wildman–Crippen LogP) is -0.0762. The SMILES string of the molecule is CC(C)NCCC(=O)NC(C)CS(C)(=O)=O. The van der Waals surface area contributed by atoms with Crippen molar-refractivity contribution in [1.82, 2.24) is 10.6 Å². The molecule has 0 aromatic heterocycles. The summed E-state index contributed by atoms with van der Waals surface area (Å²) in [6.45, 7) is 6.30. The standard InChI is InChI=1S/C10H22N2O3S/c1-8(2)11-6-5-10(13)12-9(3)7-16(4,14)15/h8-9,11H,5-7H2,1-4H3,(H,12,13). The van der Waals surface area contributed by atoms with Crippen molar-refractivity contribution in [2.24, 2.45) is 0 Å². The highest BCUT2D eigenvalue weighted by Crippen LogP contribution is 1.91. The van der Waals surface area contributed by atoms with Crippen molar-refractivity contribution in [3.05, 3.63) is 0 Å². The van der Waals surface area contributed by atoms with Gasteiger partial charge >= 0.3 is 0 Å². The van der Waals surface area contributed by atoms with Crippen molar-refractivity contribution >= 4 is 15.7 Å². The molecule has 0 aliphatic rings. The van der Waals surface area contributed by atoms with E-state index in [-0.39, 0.29) is 17.7 Å². The highest BCUT2D eigenvalue weighted by atomic mass is 32.2. The van der Waals surface area contributed by atoms with Crippen LogP contribution >= 0.6 is 0 Å². The second-order valence-corrected chi connectivity index (χ2v) is 6.60. The first kappa shape index (κ1) is 15.4. The van der Waals surface area contributed by atoms with E-state index in [1.54, 1.807) is 6.92 Å². The van der Waals surface area contributed by atoms with Crippen molar-refractivity contribution in [1.29, 1.82) is 0 Å². The molecular formula is C10H22N2O3S. The number of sulfone groups is 1. The van der Waals surface area contributed by atoms with E-state index in [2.05, 4.69) is 10.6 Å². The number of carbonyl (C=O) groups excluding carboxylic acids is 1. The molecule has 0 saturated carbocycles. The van der Waals surface area contributed by atoms with Gasteiger partial charge in [0.2, 0.25) is 5.91 Å². The van der Waals surface area contributed by atoms with E-state index in [1.165, 1.54) is 0 Å². The van der Waals surface area contributed by atoms with Crippen molar-refractivity contribution in [3.8, 4) is 0 Å². The summed E-state index contributed by atoms with van der Waals surface area (Å²) in [7, 11) is -3.03. The largest absolute Gasteiger partial charge is 0.353 e. The van der Waals surface area contributed by atoms with Gasteiger partial charge in [-0.05, 0) is 6.92 Å². The Balaban J connectivity index is 3.79. The fraction of sp³-hybridized carbons (Fsp3) is 0.900. The quantitative estimate of drug-likeness (QED) is 0.663. The van der Waals surface area contributed by atoms with Gasteiger partial charge in [-0.15, -0.1) is 0 Å². The van der Waals surface area contributed by atoms with Crippen LogP contribution in [0.4, 0.5) is 0 Å². The Hall–Kier alpha value is -0.620. The van der Waals surface area contributed by atoms with E-state index < -0.39 is 9.84 Å². The molecule has 0 radical (unpaired) electrons. The molecule has 2 N–H and O–H groups in total. The van der Waals surface area contributed by atoms with E-state index >= 15 is 0 Å². The minimum atomic E-state index is -3.03. The van der Waals surface area contributed by atoms with Crippen molar-refractivity contribution in [2.75, 3.05) is 18.6 Å². The summed E-state index contributed by atoms with van der Waals surface area (Å²) in [6, 6.07) is 0.0165. The van der Waals surface area contributed by atoms with Crippen LogP contribution < -0.4 is 10.6 Å². The van der Waals surface area contributed by atoms with Gasteiger partial charge in [-0.25, -0.2) is 8.42 Å². The van der Waals surface area contributed by atoms with Crippen molar-refractivity contribution in [2.45, 2.75) is 39.3 Å². The smallest absolute Gasteiger partial charge is 0.221 e. The number of hydrogen-bond donors (Lipinski definition) is 2. The van der Waals surface area contributed by atoms with Gasteiger partial charge < -0.3 is 10.6 Å². The molecule has 1 amide bonds. The third-order valence-electron chi connectivity index (χ3n) is 1.86. The van der Waals surface area contributed by atoms with Crippen LogP contribution in [0.15, 0.2) is 0 Å². The zero-order valence-electron chi connectivity index (χ0n) is 10.4. The molecule has 16 heavy (non-hydrogen) atoms. The first-order chi connectivity index (χ1) is 7.20. The second kappa shape index (κ2) is 6.85. The molecule has 0 aromatic carbocycles. The first-order valence-corrected chi connectivity index (χ1v) is 7.47. The molecular weight excluding hydrogens is 228 g/mol. The number of hydrogen-bond acceptors (Lipinski definition) is 4. The topological polar surface area (TPSA) is 75.3 Å². The Kier molecular flexibility index (Phi) is 6.59. The van der Waals surface area contributed by atoms with Gasteiger partial charge in [0, 0.05) is 31.3 Å². The minimum absolute atomic E-state index is 0.0175. The number of nitrogens with one attached hydrogen (secondary N) is 2. The Morgan fingerprint density at radius 1 is 1.25 bits per heavy atom. The van der Waals surface area contributed by atoms with Crippen LogP contribution in [0.5, 0.6) is 0 Å². The van der Waals surface area contributed by atoms with E-state index in [4.69, 9.17) is 0 Å². The van der Waals surface area contributed by atoms with E-state index in [0.717, 1.165) is 6.26 Å². The molecule has 1 unspecified atom stereocenters. The average molecular weight is 250 g/mol. The maximum absolute atomic E-state index is 11.4. The Morgan fingerprint density at radius 3 is 2.25 bits per heavy atom. The number of carbonyl (C=O) groups is 1. The van der Waals surface area contributed by atoms with Crippen LogP contribution in [0.1, 0.15) is 27.2 Å². The van der Waals surface area contributed by atoms with Gasteiger partial charge in [0.15, 0.2) is 0 Å². The van der Waals surface area contributed by atoms with E-state index in [1.807, 2.05) is 13.8 Å². The number of amides is 1. The first-order valence-electron chi connectivity index (χ1n) is 5.41. The highest BCUT2D eigenvalue weighted by Gasteiger charge is 2.12. The number of rotatable bonds is 7. The molecule has 5 nitrogen and oxygen atoms in total. The van der Waals surface area contributed by atoms with Gasteiger partial charge in [0.25, 0.3) is 0 Å². The van der Waals surface area contributed by atoms with Gasteiger partial charge in [-0.2, -0.15) is 0 Å². The molecule has 0 rings (SSSR count). The highest BCUT2D eigenvalue weighted by molar-refractivity contribution is 7.90. The summed E-state index contributed by atoms with van der Waals surface area (Å²) < 4.78 is 21.9. The summed E-state index contributed by atoms with van der Waals surface area (Å²) in [5, 5.41) is 5.77. The normalized spacial score (nSPS) is 13.8. The molecule has 1 atom stereocenters. The van der Waals surface area contributed by atoms with Crippen LogP contribution in [0, 0.1) is 0 Å². The summed E-state index contributed by atoms with van der Waals surface area (Å²) >= 11 is 0. The van der Waals surface area contributed by atoms with Crippen LogP contribution in [0.3, 0.4) is 0 Å². The molecule has 0 fully saturated rings. The van der Waals surface area contributed by atoms with Crippen LogP contribution in [0.25, 0.3) is 0 Å². The Bertz CT molecular complexity index is 312. The Morgan fingerprint density at radius 2 is 1.81 bits per heavy atom. The van der Waals surface area contributed by atoms with Gasteiger partial charge in [0.1, 0.15) is 9.84 Å². The van der Waals surface area contributed by atoms with E-state index in [0.29, 0.717) is 19.0 Å². The molecule has 0 heterocycles. The van der Waals surface area contributed by atoms with Gasteiger partial charge in [-0.3, -0.25) is 4.79 Å². The van der Waals surface area contributed by atoms with Crippen LogP contribution in [-0.2, 0) is 14.6 Å². The zero-order chi connectivity index (χ0) is 12.8. The lowest BCUT2D eigenvalue weighted by Crippen LogP contribution is -2.39. The predicted molar refractivity (Wildman–Crippen MR) is 65.1 cm³/mol. The molecule has 0 saturated heterocycles. The Labute approximate surface area is 97.9 Å². The van der Waals surface area contributed by atoms with Crippen molar-refractivity contribution in [3.63, 3.8) is 0 Å². The summed E-state index contributed by atoms with van der Waals surface area (Å²) in [5.41, 5.74) is 0. The van der Waals surface area contributed by atoms with E-state index in [9.17, 15) is 13.2 Å². The van der Waals surface area contributed by atoms with Crippen molar-refractivity contribution < 1.29 is 13.2 Å². The van der Waals surface area contributed by atoms with Gasteiger partial charge in [0.05, 0.1) is 5.75 Å². The molecule has 0 bridgehead atoms. The molecule has 0 aromatic rings. The molecule has 6 heteroatoms. The lowest BCUT2D eigenvalue weighted by Gasteiger charge is -2.13. The van der Waals surface area contributed by atoms with Crippen LogP contribution in [-0.4, -0.2) is 45.0 Å². The fourth-order valence-electron chi connectivity index (χ4n) is 1.32. The second-order valence-electron chi connectivity index (χ2n) is 4.42. The molecule has 0 spiro atoms. The monoisotopic (exact) mass is 250 g/mol. The minimum Gasteiger partial charge on any atom is -0.353 e. The lowest BCUT2D eigenvalue weighted by atomic mass is 10.3. The maximum Gasteiger partial charge on any atom is 0.221 e. The molecule has 0 aliphatic heterocycles. The zero-order valence-corrected chi connectivity index (χ0v) is 11.2. The summed E-state index contributed by atoms with van der Waals surface area (Å²) in [5.74, 6) is -0.139. The third-order valence-corrected chi connectivity index (χ3v) is 2.97. The third kappa shape index (κ3) is 9.92.